The summed E-state index contributed by atoms with van der Waals surface area (Å²) in [5, 5.41) is 10.8. The summed E-state index contributed by atoms with van der Waals surface area (Å²) in [5.41, 5.74) is 1.32. The molecule has 0 aliphatic carbocycles. The molecular weight excluding hydrogens is 271 g/mol. The number of para-hydroxylation sites is 1. The lowest BCUT2D eigenvalue weighted by atomic mass is 10.2. The van der Waals surface area contributed by atoms with Crippen molar-refractivity contribution < 1.29 is 4.39 Å². The van der Waals surface area contributed by atoms with Gasteiger partial charge < -0.3 is 0 Å². The lowest BCUT2D eigenvalue weighted by Crippen LogP contribution is -1.89. The van der Waals surface area contributed by atoms with Crippen LogP contribution in [-0.2, 0) is 0 Å². The highest BCUT2D eigenvalue weighted by atomic mass is 32.2. The number of aromatic nitrogens is 1. The zero-order chi connectivity index (χ0) is 13.9. The Labute approximate surface area is 119 Å². The van der Waals surface area contributed by atoms with Crippen LogP contribution in [0.25, 0.3) is 10.9 Å². The molecular formula is C16H9FN2S. The third kappa shape index (κ3) is 2.49. The second-order valence-corrected chi connectivity index (χ2v) is 5.27. The van der Waals surface area contributed by atoms with Crippen molar-refractivity contribution in [2.75, 3.05) is 0 Å². The monoisotopic (exact) mass is 280 g/mol. The molecule has 3 aromatic rings. The summed E-state index contributed by atoms with van der Waals surface area (Å²) in [6.07, 6.45) is 0. The molecule has 0 bridgehead atoms. The van der Waals surface area contributed by atoms with E-state index in [4.69, 9.17) is 0 Å². The SMILES string of the molecule is N#Cc1cc2ccccc2nc1Sc1cccc(F)c1. The number of nitriles is 1. The molecule has 0 aliphatic heterocycles. The third-order valence-corrected chi connectivity index (χ3v) is 3.81. The van der Waals surface area contributed by atoms with Gasteiger partial charge in [-0.05, 0) is 30.3 Å². The molecule has 96 valence electrons. The minimum atomic E-state index is -0.297. The van der Waals surface area contributed by atoms with Gasteiger partial charge in [-0.1, -0.05) is 36.0 Å². The molecule has 4 heteroatoms. The van der Waals surface area contributed by atoms with Crippen molar-refractivity contribution >= 4 is 22.7 Å². The van der Waals surface area contributed by atoms with Gasteiger partial charge >= 0.3 is 0 Å². The molecule has 2 nitrogen and oxygen atoms in total. The second kappa shape index (κ2) is 5.32. The Kier molecular flexibility index (Phi) is 3.36. The number of halogens is 1. The van der Waals surface area contributed by atoms with Gasteiger partial charge in [-0.3, -0.25) is 0 Å². The van der Waals surface area contributed by atoms with Crippen LogP contribution in [0.3, 0.4) is 0 Å². The van der Waals surface area contributed by atoms with Crippen LogP contribution in [0, 0.1) is 17.1 Å². The molecule has 3 rings (SSSR count). The Balaban J connectivity index is 2.08. The molecule has 0 saturated carbocycles. The Bertz CT molecular complexity index is 824. The highest BCUT2D eigenvalue weighted by molar-refractivity contribution is 7.99. The van der Waals surface area contributed by atoms with Gasteiger partial charge in [0.15, 0.2) is 0 Å². The van der Waals surface area contributed by atoms with Gasteiger partial charge in [-0.2, -0.15) is 5.26 Å². The van der Waals surface area contributed by atoms with E-state index in [0.717, 1.165) is 15.8 Å². The number of pyridine rings is 1. The van der Waals surface area contributed by atoms with Gasteiger partial charge in [0, 0.05) is 10.3 Å². The molecule has 0 saturated heterocycles. The zero-order valence-electron chi connectivity index (χ0n) is 10.4. The van der Waals surface area contributed by atoms with Crippen LogP contribution >= 0.6 is 11.8 Å². The lowest BCUT2D eigenvalue weighted by molar-refractivity contribution is 0.624. The van der Waals surface area contributed by atoms with Gasteiger partial charge in [-0.15, -0.1) is 0 Å². The van der Waals surface area contributed by atoms with Gasteiger partial charge in [-0.25, -0.2) is 9.37 Å². The fraction of sp³-hybridized carbons (Fsp3) is 0. The van der Waals surface area contributed by atoms with Crippen molar-refractivity contribution in [3.63, 3.8) is 0 Å². The van der Waals surface area contributed by atoms with E-state index in [1.54, 1.807) is 12.1 Å². The highest BCUT2D eigenvalue weighted by Gasteiger charge is 2.08. The van der Waals surface area contributed by atoms with Crippen LogP contribution in [0.1, 0.15) is 5.56 Å². The van der Waals surface area contributed by atoms with Crippen molar-refractivity contribution in [1.29, 1.82) is 5.26 Å². The van der Waals surface area contributed by atoms with E-state index in [0.29, 0.717) is 10.6 Å². The molecule has 0 N–H and O–H groups in total. The average molecular weight is 280 g/mol. The smallest absolute Gasteiger partial charge is 0.124 e. The fourth-order valence-corrected chi connectivity index (χ4v) is 2.80. The van der Waals surface area contributed by atoms with Gasteiger partial charge in [0.05, 0.1) is 11.1 Å². The summed E-state index contributed by atoms with van der Waals surface area (Å²) in [6.45, 7) is 0. The first-order valence-corrected chi connectivity index (χ1v) is 6.81. The van der Waals surface area contributed by atoms with Gasteiger partial charge in [0.1, 0.15) is 16.9 Å². The van der Waals surface area contributed by atoms with Gasteiger partial charge in [0.25, 0.3) is 0 Å². The molecule has 0 fully saturated rings. The predicted octanol–water partition coefficient (Wildman–Crippen LogP) is 4.40. The number of hydrogen-bond donors (Lipinski definition) is 0. The molecule has 0 amide bonds. The number of hydrogen-bond acceptors (Lipinski definition) is 3. The van der Waals surface area contributed by atoms with Crippen molar-refractivity contribution in [3.05, 3.63) is 66.0 Å². The summed E-state index contributed by atoms with van der Waals surface area (Å²) in [6, 6.07) is 17.8. The van der Waals surface area contributed by atoms with Crippen molar-refractivity contribution in [2.45, 2.75) is 9.92 Å². The molecule has 0 aliphatic rings. The molecule has 0 atom stereocenters. The second-order valence-electron chi connectivity index (χ2n) is 4.21. The number of rotatable bonds is 2. The molecule has 2 aromatic carbocycles. The summed E-state index contributed by atoms with van der Waals surface area (Å²) < 4.78 is 13.2. The van der Waals surface area contributed by atoms with E-state index in [9.17, 15) is 9.65 Å². The molecule has 0 radical (unpaired) electrons. The van der Waals surface area contributed by atoms with Crippen molar-refractivity contribution in [3.8, 4) is 6.07 Å². The molecule has 1 aromatic heterocycles. The van der Waals surface area contributed by atoms with E-state index >= 15 is 0 Å². The van der Waals surface area contributed by atoms with Crippen LogP contribution in [0.2, 0.25) is 0 Å². The summed E-state index contributed by atoms with van der Waals surface area (Å²) in [7, 11) is 0. The maximum atomic E-state index is 13.2. The lowest BCUT2D eigenvalue weighted by Gasteiger charge is -2.05. The van der Waals surface area contributed by atoms with E-state index in [1.165, 1.54) is 23.9 Å². The molecule has 0 spiro atoms. The Morgan fingerprint density at radius 1 is 1.05 bits per heavy atom. The van der Waals surface area contributed by atoms with Crippen LogP contribution in [0.15, 0.2) is 64.5 Å². The maximum absolute atomic E-state index is 13.2. The van der Waals surface area contributed by atoms with E-state index in [-0.39, 0.29) is 5.82 Å². The Morgan fingerprint density at radius 2 is 1.90 bits per heavy atom. The largest absolute Gasteiger partial charge is 0.240 e. The summed E-state index contributed by atoms with van der Waals surface area (Å²) >= 11 is 1.29. The quantitative estimate of drug-likeness (QED) is 0.698. The molecule has 20 heavy (non-hydrogen) atoms. The van der Waals surface area contributed by atoms with Crippen molar-refractivity contribution in [2.24, 2.45) is 0 Å². The summed E-state index contributed by atoms with van der Waals surface area (Å²) in [4.78, 5) is 5.22. The zero-order valence-corrected chi connectivity index (χ0v) is 11.2. The highest BCUT2D eigenvalue weighted by Crippen LogP contribution is 2.30. The first-order chi connectivity index (χ1) is 9.76. The normalized spacial score (nSPS) is 10.4. The minimum Gasteiger partial charge on any atom is -0.240 e. The maximum Gasteiger partial charge on any atom is 0.124 e. The van der Waals surface area contributed by atoms with Crippen LogP contribution in [-0.4, -0.2) is 4.98 Å². The number of nitrogens with zero attached hydrogens (tertiary/aromatic N) is 2. The Hall–Kier alpha value is -2.38. The number of benzene rings is 2. The topological polar surface area (TPSA) is 36.7 Å². The van der Waals surface area contributed by atoms with Crippen molar-refractivity contribution in [1.82, 2.24) is 4.98 Å². The number of fused-ring (bicyclic) bond motifs is 1. The van der Waals surface area contributed by atoms with Crippen LogP contribution in [0.4, 0.5) is 4.39 Å². The average Bonchev–Trinajstić information content (AvgIpc) is 2.46. The minimum absolute atomic E-state index is 0.297. The third-order valence-electron chi connectivity index (χ3n) is 2.82. The standard InChI is InChI=1S/C16H9FN2S/c17-13-5-3-6-14(9-13)20-16-12(10-18)8-11-4-1-2-7-15(11)19-16/h1-9H. The summed E-state index contributed by atoms with van der Waals surface area (Å²) in [5.74, 6) is -0.297. The van der Waals surface area contributed by atoms with Crippen LogP contribution < -0.4 is 0 Å². The van der Waals surface area contributed by atoms with E-state index < -0.39 is 0 Å². The molecule has 1 heterocycles. The van der Waals surface area contributed by atoms with Crippen LogP contribution in [0.5, 0.6) is 0 Å². The first-order valence-electron chi connectivity index (χ1n) is 5.99. The molecule has 0 unspecified atom stereocenters. The fourth-order valence-electron chi connectivity index (χ4n) is 1.90. The van der Waals surface area contributed by atoms with E-state index in [2.05, 4.69) is 11.1 Å². The van der Waals surface area contributed by atoms with Gasteiger partial charge in [0.2, 0.25) is 0 Å². The Morgan fingerprint density at radius 3 is 2.70 bits per heavy atom. The first kappa shape index (κ1) is 12.6. The predicted molar refractivity (Wildman–Crippen MR) is 77.0 cm³/mol. The van der Waals surface area contributed by atoms with E-state index in [1.807, 2.05) is 30.3 Å².